The molecule has 108 valence electrons. The molecule has 0 heterocycles. The minimum absolute atomic E-state index is 0.0418. The van der Waals surface area contributed by atoms with Gasteiger partial charge in [-0.2, -0.15) is 0 Å². The molecule has 0 spiro atoms. The summed E-state index contributed by atoms with van der Waals surface area (Å²) in [4.78, 5) is -0.169. The fraction of sp³-hybridized carbons (Fsp3) is 0.455. The average Bonchev–Trinajstić information content (AvgIpc) is 2.28. The number of hydrogen-bond acceptors (Lipinski definition) is 4. The molecule has 0 amide bonds. The Morgan fingerprint density at radius 2 is 1.95 bits per heavy atom. The molecule has 0 saturated heterocycles. The Labute approximate surface area is 122 Å². The van der Waals surface area contributed by atoms with Gasteiger partial charge in [0.25, 0.3) is 0 Å². The zero-order chi connectivity index (χ0) is 14.5. The Hall–Kier alpha value is -0.370. The van der Waals surface area contributed by atoms with Crippen molar-refractivity contribution in [3.63, 3.8) is 0 Å². The summed E-state index contributed by atoms with van der Waals surface area (Å²) in [5, 5.41) is 8.98. The van der Waals surface area contributed by atoms with Gasteiger partial charge in [0.1, 0.15) is 4.90 Å². The summed E-state index contributed by atoms with van der Waals surface area (Å²) in [6.45, 7) is -0.0192. The van der Waals surface area contributed by atoms with Crippen molar-refractivity contribution in [3.05, 3.63) is 28.2 Å². The average molecular weight is 328 g/mol. The van der Waals surface area contributed by atoms with Crippen LogP contribution in [0.25, 0.3) is 0 Å². The number of methoxy groups -OCH3 is 1. The van der Waals surface area contributed by atoms with Crippen LogP contribution in [-0.2, 0) is 14.8 Å². The second-order valence-corrected chi connectivity index (χ2v) is 6.30. The number of aliphatic hydroxyl groups excluding tert-OH is 1. The highest BCUT2D eigenvalue weighted by atomic mass is 35.5. The molecule has 0 aliphatic rings. The highest BCUT2D eigenvalue weighted by Crippen LogP contribution is 2.28. The quantitative estimate of drug-likeness (QED) is 0.798. The second kappa shape index (κ2) is 7.42. The molecule has 1 atom stereocenters. The SMILES string of the molecule is COCC(CCO)NS(=O)(=O)c1c(Cl)cccc1Cl. The molecule has 2 N–H and O–H groups in total. The van der Waals surface area contributed by atoms with Crippen LogP contribution < -0.4 is 4.72 Å². The fourth-order valence-corrected chi connectivity index (χ4v) is 3.95. The molecular weight excluding hydrogens is 313 g/mol. The molecular formula is C11H15Cl2NO4S. The van der Waals surface area contributed by atoms with Crippen LogP contribution >= 0.6 is 23.2 Å². The van der Waals surface area contributed by atoms with E-state index in [1.54, 1.807) is 6.07 Å². The predicted molar refractivity (Wildman–Crippen MR) is 74.2 cm³/mol. The van der Waals surface area contributed by atoms with E-state index in [0.717, 1.165) is 0 Å². The lowest BCUT2D eigenvalue weighted by Crippen LogP contribution is -2.38. The van der Waals surface area contributed by atoms with E-state index < -0.39 is 16.1 Å². The molecule has 0 radical (unpaired) electrons. The summed E-state index contributed by atoms with van der Waals surface area (Å²) in [5.74, 6) is 0. The number of aliphatic hydroxyl groups is 1. The minimum Gasteiger partial charge on any atom is -0.396 e. The second-order valence-electron chi connectivity index (χ2n) is 3.84. The zero-order valence-corrected chi connectivity index (χ0v) is 12.6. The van der Waals surface area contributed by atoms with Crippen LogP contribution in [0.1, 0.15) is 6.42 Å². The van der Waals surface area contributed by atoms with E-state index in [0.29, 0.717) is 0 Å². The maximum Gasteiger partial charge on any atom is 0.243 e. The van der Waals surface area contributed by atoms with Crippen molar-refractivity contribution in [2.75, 3.05) is 20.3 Å². The van der Waals surface area contributed by atoms with Crippen molar-refractivity contribution in [1.82, 2.24) is 4.72 Å². The first-order chi connectivity index (χ1) is 8.92. The van der Waals surface area contributed by atoms with Gasteiger partial charge in [0, 0.05) is 19.8 Å². The van der Waals surface area contributed by atoms with E-state index in [2.05, 4.69) is 4.72 Å². The lowest BCUT2D eigenvalue weighted by Gasteiger charge is -2.18. The third kappa shape index (κ3) is 4.59. The van der Waals surface area contributed by atoms with Gasteiger partial charge in [-0.1, -0.05) is 29.3 Å². The minimum atomic E-state index is -3.87. The van der Waals surface area contributed by atoms with E-state index in [9.17, 15) is 8.42 Å². The molecule has 0 fully saturated rings. The largest absolute Gasteiger partial charge is 0.396 e. The number of hydrogen-bond donors (Lipinski definition) is 2. The van der Waals surface area contributed by atoms with Crippen LogP contribution in [0.3, 0.4) is 0 Å². The van der Waals surface area contributed by atoms with E-state index in [4.69, 9.17) is 33.0 Å². The van der Waals surface area contributed by atoms with Crippen LogP contribution in [-0.4, -0.2) is 39.9 Å². The zero-order valence-electron chi connectivity index (χ0n) is 10.3. The van der Waals surface area contributed by atoms with Gasteiger partial charge in [0.15, 0.2) is 0 Å². The molecule has 0 aromatic heterocycles. The molecule has 0 aliphatic carbocycles. The van der Waals surface area contributed by atoms with Gasteiger partial charge in [-0.15, -0.1) is 0 Å². The van der Waals surface area contributed by atoms with E-state index >= 15 is 0 Å². The molecule has 1 aromatic carbocycles. The Kier molecular flexibility index (Phi) is 6.52. The fourth-order valence-electron chi connectivity index (χ4n) is 1.55. The van der Waals surface area contributed by atoms with Crippen LogP contribution in [0.4, 0.5) is 0 Å². The molecule has 0 saturated carbocycles. The van der Waals surface area contributed by atoms with E-state index in [-0.39, 0.29) is 34.6 Å². The lowest BCUT2D eigenvalue weighted by molar-refractivity contribution is 0.158. The Morgan fingerprint density at radius 1 is 1.37 bits per heavy atom. The molecule has 1 aromatic rings. The van der Waals surface area contributed by atoms with Crippen molar-refractivity contribution >= 4 is 33.2 Å². The van der Waals surface area contributed by atoms with Crippen LogP contribution in [0.5, 0.6) is 0 Å². The first-order valence-electron chi connectivity index (χ1n) is 5.48. The summed E-state index contributed by atoms with van der Waals surface area (Å²) in [7, 11) is -2.42. The van der Waals surface area contributed by atoms with E-state index in [1.807, 2.05) is 0 Å². The van der Waals surface area contributed by atoms with Gasteiger partial charge in [0.05, 0.1) is 16.7 Å². The topological polar surface area (TPSA) is 75.6 Å². The van der Waals surface area contributed by atoms with Gasteiger partial charge in [-0.05, 0) is 18.6 Å². The standard InChI is InChI=1S/C11H15Cl2NO4S/c1-18-7-8(5-6-15)14-19(16,17)11-9(12)3-2-4-10(11)13/h2-4,8,14-15H,5-7H2,1H3. The van der Waals surface area contributed by atoms with Crippen molar-refractivity contribution in [2.24, 2.45) is 0 Å². The molecule has 19 heavy (non-hydrogen) atoms. The third-order valence-electron chi connectivity index (χ3n) is 2.35. The number of rotatable bonds is 7. The highest BCUT2D eigenvalue weighted by molar-refractivity contribution is 7.89. The lowest BCUT2D eigenvalue weighted by atomic mass is 10.2. The van der Waals surface area contributed by atoms with Crippen LogP contribution in [0, 0.1) is 0 Å². The van der Waals surface area contributed by atoms with Gasteiger partial charge in [-0.25, -0.2) is 13.1 Å². The van der Waals surface area contributed by atoms with Crippen molar-refractivity contribution < 1.29 is 18.3 Å². The van der Waals surface area contributed by atoms with Crippen LogP contribution in [0.15, 0.2) is 23.1 Å². The van der Waals surface area contributed by atoms with E-state index in [1.165, 1.54) is 19.2 Å². The molecule has 8 heteroatoms. The van der Waals surface area contributed by atoms with Gasteiger partial charge < -0.3 is 9.84 Å². The van der Waals surface area contributed by atoms with Crippen molar-refractivity contribution in [2.45, 2.75) is 17.4 Å². The number of halogens is 2. The van der Waals surface area contributed by atoms with Crippen molar-refractivity contribution in [1.29, 1.82) is 0 Å². The predicted octanol–water partition coefficient (Wildman–Crippen LogP) is 1.67. The monoisotopic (exact) mass is 327 g/mol. The molecule has 0 bridgehead atoms. The molecule has 1 unspecified atom stereocenters. The first kappa shape index (κ1) is 16.7. The van der Waals surface area contributed by atoms with Gasteiger partial charge in [0.2, 0.25) is 10.0 Å². The number of nitrogens with one attached hydrogen (secondary N) is 1. The summed E-state index contributed by atoms with van der Waals surface area (Å²) in [6.07, 6.45) is 0.231. The number of ether oxygens (including phenoxy) is 1. The normalized spacial score (nSPS) is 13.5. The smallest absolute Gasteiger partial charge is 0.243 e. The molecule has 0 aliphatic heterocycles. The summed E-state index contributed by atoms with van der Waals surface area (Å²) in [5.41, 5.74) is 0. The van der Waals surface area contributed by atoms with Gasteiger partial charge >= 0.3 is 0 Å². The Morgan fingerprint density at radius 3 is 2.42 bits per heavy atom. The Balaban J connectivity index is 3.03. The number of sulfonamides is 1. The number of benzene rings is 1. The molecule has 5 nitrogen and oxygen atoms in total. The van der Waals surface area contributed by atoms with Gasteiger partial charge in [-0.3, -0.25) is 0 Å². The maximum atomic E-state index is 12.2. The third-order valence-corrected chi connectivity index (χ3v) is 4.83. The molecule has 1 rings (SSSR count). The Bertz CT molecular complexity index is 495. The van der Waals surface area contributed by atoms with Crippen molar-refractivity contribution in [3.8, 4) is 0 Å². The maximum absolute atomic E-state index is 12.2. The van der Waals surface area contributed by atoms with Crippen LogP contribution in [0.2, 0.25) is 10.0 Å². The summed E-state index contributed by atoms with van der Waals surface area (Å²) in [6, 6.07) is 3.90. The first-order valence-corrected chi connectivity index (χ1v) is 7.72. The highest BCUT2D eigenvalue weighted by Gasteiger charge is 2.24. The summed E-state index contributed by atoms with van der Waals surface area (Å²) < 4.78 is 31.7. The summed E-state index contributed by atoms with van der Waals surface area (Å²) >= 11 is 11.7.